The van der Waals surface area contributed by atoms with Crippen molar-refractivity contribution in [3.63, 3.8) is 0 Å². The molecular formula is C20H20N4O2. The van der Waals surface area contributed by atoms with E-state index in [1.54, 1.807) is 19.5 Å². The lowest BCUT2D eigenvalue weighted by atomic mass is 10.0. The van der Waals surface area contributed by atoms with E-state index in [9.17, 15) is 4.79 Å². The molecule has 6 nitrogen and oxygen atoms in total. The number of anilines is 1. The summed E-state index contributed by atoms with van der Waals surface area (Å²) < 4.78 is 7.43. The van der Waals surface area contributed by atoms with E-state index in [1.807, 2.05) is 47.4 Å². The smallest absolute Gasteiger partial charge is 0.322 e. The number of aromatic nitrogens is 2. The first-order valence-electron chi connectivity index (χ1n) is 8.53. The van der Waals surface area contributed by atoms with E-state index in [1.165, 1.54) is 0 Å². The fourth-order valence-corrected chi connectivity index (χ4v) is 3.39. The van der Waals surface area contributed by atoms with E-state index in [0.717, 1.165) is 17.8 Å². The van der Waals surface area contributed by atoms with Crippen molar-refractivity contribution in [1.82, 2.24) is 14.5 Å². The van der Waals surface area contributed by atoms with Gasteiger partial charge in [-0.2, -0.15) is 0 Å². The van der Waals surface area contributed by atoms with Gasteiger partial charge in [-0.15, -0.1) is 0 Å². The maximum atomic E-state index is 13.0. The van der Waals surface area contributed by atoms with Crippen molar-refractivity contribution in [3.8, 4) is 5.75 Å². The Morgan fingerprint density at radius 3 is 2.81 bits per heavy atom. The Bertz CT molecular complexity index is 907. The zero-order valence-electron chi connectivity index (χ0n) is 14.5. The third kappa shape index (κ3) is 3.01. The van der Waals surface area contributed by atoms with E-state index >= 15 is 0 Å². The molecule has 0 aliphatic carbocycles. The standard InChI is InChI=1S/C20H20N4O2/c1-26-17-5-2-4-16(14-17)22-20(25)24-13-12-23-11-3-6-18(23)19(24)15-7-9-21-10-8-15/h2-11,14,19H,12-13H2,1H3,(H,22,25)/t19-/m1/s1. The number of fused-ring (bicyclic) bond motifs is 1. The van der Waals surface area contributed by atoms with Crippen molar-refractivity contribution in [2.45, 2.75) is 12.6 Å². The summed E-state index contributed by atoms with van der Waals surface area (Å²) in [5.41, 5.74) is 2.85. The molecular weight excluding hydrogens is 328 g/mol. The summed E-state index contributed by atoms with van der Waals surface area (Å²) in [7, 11) is 1.61. The molecule has 2 amide bonds. The topological polar surface area (TPSA) is 59.4 Å². The van der Waals surface area contributed by atoms with Gasteiger partial charge in [-0.3, -0.25) is 4.98 Å². The Kier molecular flexibility index (Phi) is 4.31. The van der Waals surface area contributed by atoms with Gasteiger partial charge in [0.1, 0.15) is 5.75 Å². The molecule has 0 saturated heterocycles. The number of hydrogen-bond acceptors (Lipinski definition) is 3. The van der Waals surface area contributed by atoms with Crippen LogP contribution >= 0.6 is 0 Å². The van der Waals surface area contributed by atoms with Gasteiger partial charge in [-0.1, -0.05) is 6.07 Å². The van der Waals surface area contributed by atoms with Gasteiger partial charge in [0.05, 0.1) is 13.2 Å². The minimum absolute atomic E-state index is 0.132. The summed E-state index contributed by atoms with van der Waals surface area (Å²) in [6.45, 7) is 1.40. The Hall–Kier alpha value is -3.28. The third-order valence-corrected chi connectivity index (χ3v) is 4.64. The van der Waals surface area contributed by atoms with Crippen molar-refractivity contribution in [2.75, 3.05) is 19.0 Å². The normalized spacial score (nSPS) is 16.0. The number of nitrogens with one attached hydrogen (secondary N) is 1. The molecule has 1 N–H and O–H groups in total. The van der Waals surface area contributed by atoms with Crippen LogP contribution in [0.5, 0.6) is 5.75 Å². The van der Waals surface area contributed by atoms with Gasteiger partial charge < -0.3 is 19.5 Å². The molecule has 0 spiro atoms. The predicted molar refractivity (Wildman–Crippen MR) is 99.2 cm³/mol. The summed E-state index contributed by atoms with van der Waals surface area (Å²) in [6.07, 6.45) is 5.57. The van der Waals surface area contributed by atoms with Crippen LogP contribution < -0.4 is 10.1 Å². The summed E-state index contributed by atoms with van der Waals surface area (Å²) in [5.74, 6) is 0.709. The number of ether oxygens (including phenoxy) is 1. The van der Waals surface area contributed by atoms with Crippen LogP contribution in [0.4, 0.5) is 10.5 Å². The zero-order valence-corrected chi connectivity index (χ0v) is 14.5. The van der Waals surface area contributed by atoms with Crippen molar-refractivity contribution < 1.29 is 9.53 Å². The summed E-state index contributed by atoms with van der Waals surface area (Å²) >= 11 is 0. The van der Waals surface area contributed by atoms with E-state index in [-0.39, 0.29) is 12.1 Å². The first-order chi connectivity index (χ1) is 12.8. The highest BCUT2D eigenvalue weighted by atomic mass is 16.5. The fourth-order valence-electron chi connectivity index (χ4n) is 3.39. The van der Waals surface area contributed by atoms with E-state index in [0.29, 0.717) is 18.0 Å². The molecule has 0 unspecified atom stereocenters. The number of hydrogen-bond donors (Lipinski definition) is 1. The second-order valence-electron chi connectivity index (χ2n) is 6.17. The summed E-state index contributed by atoms with van der Waals surface area (Å²) in [4.78, 5) is 19.0. The number of benzene rings is 1. The minimum atomic E-state index is -0.146. The minimum Gasteiger partial charge on any atom is -0.497 e. The first-order valence-corrected chi connectivity index (χ1v) is 8.53. The van der Waals surface area contributed by atoms with Crippen molar-refractivity contribution >= 4 is 11.7 Å². The third-order valence-electron chi connectivity index (χ3n) is 4.64. The van der Waals surface area contributed by atoms with Gasteiger partial charge in [0.2, 0.25) is 0 Å². The Morgan fingerprint density at radius 2 is 2.00 bits per heavy atom. The Labute approximate surface area is 152 Å². The predicted octanol–water partition coefficient (Wildman–Crippen LogP) is 3.53. The second kappa shape index (κ2) is 6.92. The van der Waals surface area contributed by atoms with Crippen molar-refractivity contribution in [1.29, 1.82) is 0 Å². The van der Waals surface area contributed by atoms with Gasteiger partial charge in [-0.25, -0.2) is 4.79 Å². The van der Waals surface area contributed by atoms with Crippen molar-refractivity contribution in [3.05, 3.63) is 78.4 Å². The average Bonchev–Trinajstić information content (AvgIpc) is 3.16. The van der Waals surface area contributed by atoms with Crippen LogP contribution in [0, 0.1) is 0 Å². The fraction of sp³-hybridized carbons (Fsp3) is 0.200. The van der Waals surface area contributed by atoms with Crippen LogP contribution in [-0.2, 0) is 6.54 Å². The van der Waals surface area contributed by atoms with Crippen molar-refractivity contribution in [2.24, 2.45) is 0 Å². The van der Waals surface area contributed by atoms with Gasteiger partial charge in [0.15, 0.2) is 0 Å². The molecule has 0 fully saturated rings. The van der Waals surface area contributed by atoms with Crippen LogP contribution in [0.3, 0.4) is 0 Å². The van der Waals surface area contributed by atoms with E-state index in [2.05, 4.69) is 27.1 Å². The Balaban J connectivity index is 1.64. The van der Waals surface area contributed by atoms with Gasteiger partial charge >= 0.3 is 6.03 Å². The van der Waals surface area contributed by atoms with E-state index in [4.69, 9.17) is 4.74 Å². The number of urea groups is 1. The first kappa shape index (κ1) is 16.2. The molecule has 0 bridgehead atoms. The molecule has 1 aliphatic heterocycles. The monoisotopic (exact) mass is 348 g/mol. The molecule has 4 rings (SSSR count). The summed E-state index contributed by atoms with van der Waals surface area (Å²) in [6, 6.07) is 15.1. The van der Waals surface area contributed by atoms with Gasteiger partial charge in [0, 0.05) is 49.1 Å². The number of amides is 2. The molecule has 0 saturated carbocycles. The highest BCUT2D eigenvalue weighted by Gasteiger charge is 2.32. The molecule has 3 aromatic rings. The molecule has 26 heavy (non-hydrogen) atoms. The highest BCUT2D eigenvalue weighted by molar-refractivity contribution is 5.90. The number of carbonyl (C=O) groups excluding carboxylic acids is 1. The van der Waals surface area contributed by atoms with Gasteiger partial charge in [0.25, 0.3) is 0 Å². The number of pyridine rings is 1. The van der Waals surface area contributed by atoms with Crippen LogP contribution in [-0.4, -0.2) is 34.1 Å². The van der Waals surface area contributed by atoms with Crippen LogP contribution in [0.25, 0.3) is 0 Å². The maximum absolute atomic E-state index is 13.0. The lowest BCUT2D eigenvalue weighted by Gasteiger charge is -2.37. The molecule has 1 aliphatic rings. The van der Waals surface area contributed by atoms with Crippen LogP contribution in [0.1, 0.15) is 17.3 Å². The second-order valence-corrected chi connectivity index (χ2v) is 6.17. The van der Waals surface area contributed by atoms with Gasteiger partial charge in [-0.05, 0) is 42.0 Å². The lowest BCUT2D eigenvalue weighted by molar-refractivity contribution is 0.182. The molecule has 132 valence electrons. The van der Waals surface area contributed by atoms with E-state index < -0.39 is 0 Å². The molecule has 2 aromatic heterocycles. The number of rotatable bonds is 3. The molecule has 1 aromatic carbocycles. The number of carbonyl (C=O) groups is 1. The van der Waals surface area contributed by atoms with Crippen LogP contribution in [0.15, 0.2) is 67.1 Å². The Morgan fingerprint density at radius 1 is 1.15 bits per heavy atom. The maximum Gasteiger partial charge on any atom is 0.322 e. The number of methoxy groups -OCH3 is 1. The average molecular weight is 348 g/mol. The van der Waals surface area contributed by atoms with Crippen LogP contribution in [0.2, 0.25) is 0 Å². The molecule has 3 heterocycles. The lowest BCUT2D eigenvalue weighted by Crippen LogP contribution is -2.44. The molecule has 1 atom stereocenters. The number of nitrogens with zero attached hydrogens (tertiary/aromatic N) is 3. The molecule has 6 heteroatoms. The largest absolute Gasteiger partial charge is 0.497 e. The highest BCUT2D eigenvalue weighted by Crippen LogP contribution is 2.32. The zero-order chi connectivity index (χ0) is 17.9. The molecule has 0 radical (unpaired) electrons. The SMILES string of the molecule is COc1cccc(NC(=O)N2CCn3cccc3[C@H]2c2ccncc2)c1. The summed E-state index contributed by atoms with van der Waals surface area (Å²) in [5, 5.41) is 2.99. The quantitative estimate of drug-likeness (QED) is 0.788.